The Hall–Kier alpha value is -2.26. The van der Waals surface area contributed by atoms with Crippen LogP contribution in [0.5, 0.6) is 5.75 Å². The van der Waals surface area contributed by atoms with Gasteiger partial charge in [0.25, 0.3) is 6.43 Å². The van der Waals surface area contributed by atoms with Crippen LogP contribution in [-0.4, -0.2) is 45.4 Å². The number of carbonyl (C=O) groups is 1. The van der Waals surface area contributed by atoms with Gasteiger partial charge in [0.05, 0.1) is 6.04 Å². The van der Waals surface area contributed by atoms with Crippen LogP contribution in [0.2, 0.25) is 5.02 Å². The third kappa shape index (κ3) is 3.78. The minimum absolute atomic E-state index is 0.104. The van der Waals surface area contributed by atoms with Gasteiger partial charge >= 0.3 is 0 Å². The Kier molecular flexibility index (Phi) is 5.13. The molecule has 0 bridgehead atoms. The summed E-state index contributed by atoms with van der Waals surface area (Å²) in [6.45, 7) is 1.96. The zero-order valence-electron chi connectivity index (χ0n) is 17.2. The van der Waals surface area contributed by atoms with Gasteiger partial charge in [-0.1, -0.05) is 16.8 Å². The number of nitrogens with zero attached hydrogens (tertiary/aromatic N) is 4. The second-order valence-electron chi connectivity index (χ2n) is 8.78. The number of ether oxygens (including phenoxy) is 1. The van der Waals surface area contributed by atoms with Gasteiger partial charge in [0.15, 0.2) is 0 Å². The zero-order valence-corrected chi connectivity index (χ0v) is 18.0. The standard InChI is InChI=1S/C21H24ClF2N5O2/c1-28-19(20(23)24)15(26-27-28)10-31-16-3-2-13(22)12-4-7-25-14(18(12)16)9-29-11-21(5-6-21)8-17(29)30/h2-3,14,20,25H,4-11H2,1H3. The van der Waals surface area contributed by atoms with Gasteiger partial charge in [-0.25, -0.2) is 13.5 Å². The zero-order chi connectivity index (χ0) is 21.8. The second kappa shape index (κ2) is 7.70. The van der Waals surface area contributed by atoms with Crippen LogP contribution in [0.3, 0.4) is 0 Å². The van der Waals surface area contributed by atoms with Crippen molar-refractivity contribution in [3.63, 3.8) is 0 Å². The molecule has 1 amide bonds. The number of fused-ring (bicyclic) bond motifs is 1. The van der Waals surface area contributed by atoms with Crippen molar-refractivity contribution in [3.8, 4) is 5.75 Å². The van der Waals surface area contributed by atoms with E-state index in [1.54, 1.807) is 12.1 Å². The first kappa shape index (κ1) is 20.6. The first-order valence-corrected chi connectivity index (χ1v) is 10.9. The van der Waals surface area contributed by atoms with Gasteiger partial charge in [-0.3, -0.25) is 4.79 Å². The van der Waals surface area contributed by atoms with E-state index in [-0.39, 0.29) is 35.4 Å². The molecule has 2 aromatic rings. The van der Waals surface area contributed by atoms with E-state index >= 15 is 0 Å². The SMILES string of the molecule is Cn1nnc(COc2ccc(Cl)c3c2C(CN2CC4(CC4)CC2=O)NCC3)c1C(F)F. The Morgan fingerprint density at radius 2 is 2.19 bits per heavy atom. The molecular weight excluding hydrogens is 428 g/mol. The highest BCUT2D eigenvalue weighted by molar-refractivity contribution is 6.31. The van der Waals surface area contributed by atoms with Crippen molar-refractivity contribution >= 4 is 17.5 Å². The molecule has 1 aliphatic carbocycles. The number of nitrogens with one attached hydrogen (secondary N) is 1. The van der Waals surface area contributed by atoms with Gasteiger partial charge in [-0.15, -0.1) is 5.10 Å². The maximum absolute atomic E-state index is 13.3. The average molecular weight is 452 g/mol. The fraction of sp³-hybridized carbons (Fsp3) is 0.571. The number of rotatable bonds is 6. The van der Waals surface area contributed by atoms with E-state index in [0.717, 1.165) is 48.2 Å². The average Bonchev–Trinajstić information content (AvgIpc) is 3.26. The first-order valence-electron chi connectivity index (χ1n) is 10.5. The van der Waals surface area contributed by atoms with Crippen LogP contribution in [0.15, 0.2) is 12.1 Å². The van der Waals surface area contributed by atoms with Crippen LogP contribution in [0.1, 0.15) is 54.2 Å². The predicted molar refractivity (Wildman–Crippen MR) is 109 cm³/mol. The number of alkyl halides is 2. The molecule has 1 aromatic carbocycles. The van der Waals surface area contributed by atoms with Crippen LogP contribution in [-0.2, 0) is 24.9 Å². The Bertz CT molecular complexity index is 1020. The lowest BCUT2D eigenvalue weighted by Crippen LogP contribution is -2.40. The van der Waals surface area contributed by atoms with E-state index in [4.69, 9.17) is 16.3 Å². The monoisotopic (exact) mass is 451 g/mol. The summed E-state index contributed by atoms with van der Waals surface area (Å²) >= 11 is 6.48. The van der Waals surface area contributed by atoms with Gasteiger partial charge in [-0.2, -0.15) is 0 Å². The molecular formula is C21H24ClF2N5O2. The highest BCUT2D eigenvalue weighted by atomic mass is 35.5. The molecule has 31 heavy (non-hydrogen) atoms. The van der Waals surface area contributed by atoms with E-state index in [9.17, 15) is 13.6 Å². The van der Waals surface area contributed by atoms with E-state index < -0.39 is 6.43 Å². The molecule has 1 N–H and O–H groups in total. The molecule has 1 saturated heterocycles. The molecule has 166 valence electrons. The topological polar surface area (TPSA) is 72.3 Å². The molecule has 3 aliphatic rings. The largest absolute Gasteiger partial charge is 0.487 e. The third-order valence-corrected chi connectivity index (χ3v) is 7.01. The lowest BCUT2D eigenvalue weighted by atomic mass is 9.92. The van der Waals surface area contributed by atoms with Gasteiger partial charge in [-0.05, 0) is 48.9 Å². The fourth-order valence-corrected chi connectivity index (χ4v) is 5.07. The van der Waals surface area contributed by atoms with E-state index in [1.807, 2.05) is 4.90 Å². The van der Waals surface area contributed by atoms with Crippen molar-refractivity contribution in [2.24, 2.45) is 12.5 Å². The molecule has 3 heterocycles. The minimum atomic E-state index is -2.69. The lowest BCUT2D eigenvalue weighted by molar-refractivity contribution is -0.128. The molecule has 0 radical (unpaired) electrons. The van der Waals surface area contributed by atoms with Crippen molar-refractivity contribution in [1.82, 2.24) is 25.2 Å². The summed E-state index contributed by atoms with van der Waals surface area (Å²) in [5.41, 5.74) is 1.91. The molecule has 1 spiro atoms. The van der Waals surface area contributed by atoms with Gasteiger partial charge in [0, 0.05) is 37.1 Å². The Balaban J connectivity index is 1.40. The quantitative estimate of drug-likeness (QED) is 0.730. The van der Waals surface area contributed by atoms with Crippen molar-refractivity contribution in [2.75, 3.05) is 19.6 Å². The highest BCUT2D eigenvalue weighted by Gasteiger charge is 2.52. The summed E-state index contributed by atoms with van der Waals surface area (Å²) in [7, 11) is 1.43. The van der Waals surface area contributed by atoms with Gasteiger partial charge in [0.2, 0.25) is 5.91 Å². The number of halogens is 3. The van der Waals surface area contributed by atoms with Crippen LogP contribution in [0, 0.1) is 5.41 Å². The summed E-state index contributed by atoms with van der Waals surface area (Å²) in [5, 5.41) is 11.7. The summed E-state index contributed by atoms with van der Waals surface area (Å²) in [5.74, 6) is 0.757. The molecule has 1 aromatic heterocycles. The maximum atomic E-state index is 13.3. The summed E-state index contributed by atoms with van der Waals surface area (Å²) in [6.07, 6.45) is 0.911. The number of aryl methyl sites for hydroxylation is 1. The molecule has 1 unspecified atom stereocenters. The van der Waals surface area contributed by atoms with Crippen LogP contribution in [0.4, 0.5) is 8.78 Å². The fourth-order valence-electron chi connectivity index (χ4n) is 4.81. The highest BCUT2D eigenvalue weighted by Crippen LogP contribution is 2.53. The molecule has 5 rings (SSSR count). The maximum Gasteiger partial charge on any atom is 0.282 e. The summed E-state index contributed by atoms with van der Waals surface area (Å²) in [4.78, 5) is 14.5. The van der Waals surface area contributed by atoms with Crippen molar-refractivity contribution in [1.29, 1.82) is 0 Å². The number of likely N-dealkylation sites (tertiary alicyclic amines) is 1. The third-order valence-electron chi connectivity index (χ3n) is 6.65. The van der Waals surface area contributed by atoms with E-state index in [2.05, 4.69) is 15.6 Å². The number of hydrogen-bond donors (Lipinski definition) is 1. The van der Waals surface area contributed by atoms with Crippen LogP contribution in [0.25, 0.3) is 0 Å². The second-order valence-corrected chi connectivity index (χ2v) is 9.19. The van der Waals surface area contributed by atoms with E-state index in [0.29, 0.717) is 23.7 Å². The normalized spacial score (nSPS) is 21.8. The van der Waals surface area contributed by atoms with E-state index in [1.165, 1.54) is 7.05 Å². The number of amides is 1. The smallest absolute Gasteiger partial charge is 0.282 e. The Labute approximate surface area is 183 Å². The van der Waals surface area contributed by atoms with Crippen LogP contribution >= 0.6 is 11.6 Å². The first-order chi connectivity index (χ1) is 14.9. The minimum Gasteiger partial charge on any atom is -0.487 e. The number of aromatic nitrogens is 3. The van der Waals surface area contributed by atoms with Gasteiger partial charge < -0.3 is 15.0 Å². The number of hydrogen-bond acceptors (Lipinski definition) is 5. The Morgan fingerprint density at radius 3 is 2.90 bits per heavy atom. The number of benzene rings is 1. The number of carbonyl (C=O) groups excluding carboxylic acids is 1. The molecule has 1 atom stereocenters. The predicted octanol–water partition coefficient (Wildman–Crippen LogP) is 3.18. The summed E-state index contributed by atoms with van der Waals surface area (Å²) in [6, 6.07) is 3.39. The summed E-state index contributed by atoms with van der Waals surface area (Å²) < 4.78 is 33.7. The Morgan fingerprint density at radius 1 is 1.39 bits per heavy atom. The molecule has 1 saturated carbocycles. The van der Waals surface area contributed by atoms with Crippen molar-refractivity contribution < 1.29 is 18.3 Å². The van der Waals surface area contributed by atoms with Crippen LogP contribution < -0.4 is 10.1 Å². The molecule has 2 fully saturated rings. The molecule has 7 nitrogen and oxygen atoms in total. The van der Waals surface area contributed by atoms with Crippen molar-refractivity contribution in [2.45, 2.75) is 44.8 Å². The van der Waals surface area contributed by atoms with Gasteiger partial charge in [0.1, 0.15) is 23.7 Å². The lowest BCUT2D eigenvalue weighted by Gasteiger charge is -2.32. The van der Waals surface area contributed by atoms with Crippen molar-refractivity contribution in [3.05, 3.63) is 39.7 Å². The molecule has 10 heteroatoms. The molecule has 2 aliphatic heterocycles.